The number of nitrogens with one attached hydrogen (secondary N) is 3. The molecule has 3 aromatic rings. The molecule has 3 rings (SSSR count). The first-order valence-corrected chi connectivity index (χ1v) is 6.32. The summed E-state index contributed by atoms with van der Waals surface area (Å²) in [6.07, 6.45) is 0. The number of hydrogen-bond acceptors (Lipinski definition) is 6. The van der Waals surface area contributed by atoms with E-state index in [2.05, 4.69) is 24.9 Å². The molecule has 0 fully saturated rings. The minimum Gasteiger partial charge on any atom is -0.379 e. The Morgan fingerprint density at radius 2 is 1.95 bits per heavy atom. The SMILES string of the molecule is O=c1[nH]c2ccc(NCc3csnn3)cc2[nH]c1=O. The summed E-state index contributed by atoms with van der Waals surface area (Å²) in [6, 6.07) is 5.30. The van der Waals surface area contributed by atoms with Crippen molar-refractivity contribution in [1.29, 1.82) is 0 Å². The van der Waals surface area contributed by atoms with E-state index in [-0.39, 0.29) is 0 Å². The van der Waals surface area contributed by atoms with Crippen LogP contribution in [0.5, 0.6) is 0 Å². The molecule has 7 nitrogen and oxygen atoms in total. The number of nitrogens with zero attached hydrogens (tertiary/aromatic N) is 2. The summed E-state index contributed by atoms with van der Waals surface area (Å²) in [5, 5.41) is 8.94. The quantitative estimate of drug-likeness (QED) is 0.610. The predicted octanol–water partition coefficient (Wildman–Crippen LogP) is 0.680. The lowest BCUT2D eigenvalue weighted by Gasteiger charge is -2.05. The second-order valence-electron chi connectivity index (χ2n) is 3.92. The van der Waals surface area contributed by atoms with E-state index in [9.17, 15) is 9.59 Å². The molecule has 0 unspecified atom stereocenters. The zero-order chi connectivity index (χ0) is 13.2. The van der Waals surface area contributed by atoms with Crippen LogP contribution in [0.15, 0.2) is 33.2 Å². The average Bonchev–Trinajstić information content (AvgIpc) is 2.91. The number of H-pyrrole nitrogens is 2. The van der Waals surface area contributed by atoms with Gasteiger partial charge >= 0.3 is 11.1 Å². The van der Waals surface area contributed by atoms with Gasteiger partial charge in [-0.25, -0.2) is 0 Å². The van der Waals surface area contributed by atoms with Crippen LogP contribution in [-0.2, 0) is 6.54 Å². The van der Waals surface area contributed by atoms with E-state index in [1.807, 2.05) is 11.4 Å². The van der Waals surface area contributed by atoms with Gasteiger partial charge in [0.1, 0.15) is 0 Å². The van der Waals surface area contributed by atoms with Gasteiger partial charge < -0.3 is 15.3 Å². The molecular formula is C11H9N5O2S. The van der Waals surface area contributed by atoms with Gasteiger partial charge in [0.15, 0.2) is 0 Å². The standard InChI is InChI=1S/C11H9N5O2S/c17-10-11(18)14-9-3-6(1-2-8(9)13-10)12-4-7-5-19-16-15-7/h1-3,5,12H,4H2,(H,13,17)(H,14,18). The van der Waals surface area contributed by atoms with Gasteiger partial charge in [-0.1, -0.05) is 4.49 Å². The van der Waals surface area contributed by atoms with Crippen LogP contribution in [0.1, 0.15) is 5.69 Å². The highest BCUT2D eigenvalue weighted by atomic mass is 32.1. The van der Waals surface area contributed by atoms with Gasteiger partial charge in [-0.3, -0.25) is 9.59 Å². The molecule has 19 heavy (non-hydrogen) atoms. The normalized spacial score (nSPS) is 10.7. The molecule has 3 N–H and O–H groups in total. The van der Waals surface area contributed by atoms with Crippen LogP contribution in [0.25, 0.3) is 11.0 Å². The molecule has 0 saturated heterocycles. The summed E-state index contributed by atoms with van der Waals surface area (Å²) < 4.78 is 3.77. The molecule has 2 heterocycles. The highest BCUT2D eigenvalue weighted by Crippen LogP contribution is 2.14. The molecule has 0 saturated carbocycles. The van der Waals surface area contributed by atoms with Crippen molar-refractivity contribution in [3.05, 3.63) is 50.0 Å². The molecule has 0 amide bonds. The fraction of sp³-hybridized carbons (Fsp3) is 0.0909. The molecule has 1 aromatic carbocycles. The van der Waals surface area contributed by atoms with Gasteiger partial charge in [0.25, 0.3) is 0 Å². The molecule has 0 aliphatic carbocycles. The molecule has 0 aliphatic heterocycles. The number of fused-ring (bicyclic) bond motifs is 1. The zero-order valence-corrected chi connectivity index (χ0v) is 10.5. The maximum Gasteiger partial charge on any atom is 0.314 e. The predicted molar refractivity (Wildman–Crippen MR) is 72.4 cm³/mol. The van der Waals surface area contributed by atoms with E-state index >= 15 is 0 Å². The number of benzene rings is 1. The number of anilines is 1. The second kappa shape index (κ2) is 4.65. The second-order valence-corrected chi connectivity index (χ2v) is 4.53. The lowest BCUT2D eigenvalue weighted by molar-refractivity contribution is 0.999. The van der Waals surface area contributed by atoms with Crippen molar-refractivity contribution in [3.63, 3.8) is 0 Å². The van der Waals surface area contributed by atoms with Gasteiger partial charge in [-0.05, 0) is 29.7 Å². The third-order valence-electron chi connectivity index (χ3n) is 2.60. The largest absolute Gasteiger partial charge is 0.379 e. The van der Waals surface area contributed by atoms with Gasteiger partial charge in [0.05, 0.1) is 23.3 Å². The van der Waals surface area contributed by atoms with Gasteiger partial charge in [-0.2, -0.15) is 0 Å². The van der Waals surface area contributed by atoms with Crippen LogP contribution in [0.2, 0.25) is 0 Å². The van der Waals surface area contributed by atoms with Crippen molar-refractivity contribution < 1.29 is 0 Å². The van der Waals surface area contributed by atoms with Crippen LogP contribution < -0.4 is 16.4 Å². The summed E-state index contributed by atoms with van der Waals surface area (Å²) in [4.78, 5) is 27.5. The first kappa shape index (κ1) is 11.6. The Morgan fingerprint density at radius 1 is 1.16 bits per heavy atom. The van der Waals surface area contributed by atoms with Crippen molar-refractivity contribution >= 4 is 28.3 Å². The molecule has 0 bridgehead atoms. The molecule has 0 spiro atoms. The maximum atomic E-state index is 11.3. The third kappa shape index (κ3) is 2.38. The van der Waals surface area contributed by atoms with Crippen LogP contribution >= 0.6 is 11.5 Å². The minimum absolute atomic E-state index is 0.551. The lowest BCUT2D eigenvalue weighted by Crippen LogP contribution is -2.28. The Balaban J connectivity index is 1.91. The topological polar surface area (TPSA) is 104 Å². The van der Waals surface area contributed by atoms with Crippen LogP contribution in [-0.4, -0.2) is 19.6 Å². The smallest absolute Gasteiger partial charge is 0.314 e. The Labute approximate surface area is 110 Å². The molecule has 8 heteroatoms. The molecule has 0 radical (unpaired) electrons. The summed E-state index contributed by atoms with van der Waals surface area (Å²) in [6.45, 7) is 0.551. The van der Waals surface area contributed by atoms with E-state index in [0.717, 1.165) is 11.4 Å². The fourth-order valence-corrected chi connectivity index (χ4v) is 2.13. The van der Waals surface area contributed by atoms with Crippen molar-refractivity contribution in [2.75, 3.05) is 5.32 Å². The third-order valence-corrected chi connectivity index (χ3v) is 3.15. The van der Waals surface area contributed by atoms with Gasteiger partial charge in [-0.15, -0.1) is 5.10 Å². The van der Waals surface area contributed by atoms with Crippen LogP contribution in [0.3, 0.4) is 0 Å². The lowest BCUT2D eigenvalue weighted by atomic mass is 10.2. The first-order chi connectivity index (χ1) is 9.22. The Morgan fingerprint density at radius 3 is 2.68 bits per heavy atom. The minimum atomic E-state index is -0.659. The molecule has 96 valence electrons. The monoisotopic (exact) mass is 275 g/mol. The Kier molecular flexibility index (Phi) is 2.84. The highest BCUT2D eigenvalue weighted by molar-refractivity contribution is 7.03. The molecular weight excluding hydrogens is 266 g/mol. The van der Waals surface area contributed by atoms with E-state index in [0.29, 0.717) is 17.6 Å². The zero-order valence-electron chi connectivity index (χ0n) is 9.64. The van der Waals surface area contributed by atoms with Crippen LogP contribution in [0, 0.1) is 0 Å². The van der Waals surface area contributed by atoms with Crippen molar-refractivity contribution in [2.24, 2.45) is 0 Å². The number of aromatic nitrogens is 4. The van der Waals surface area contributed by atoms with E-state index < -0.39 is 11.1 Å². The van der Waals surface area contributed by atoms with Crippen molar-refractivity contribution in [2.45, 2.75) is 6.54 Å². The molecule has 0 atom stereocenters. The highest BCUT2D eigenvalue weighted by Gasteiger charge is 2.01. The van der Waals surface area contributed by atoms with Crippen molar-refractivity contribution in [3.8, 4) is 0 Å². The molecule has 0 aliphatic rings. The van der Waals surface area contributed by atoms with E-state index in [4.69, 9.17) is 0 Å². The number of rotatable bonds is 3. The van der Waals surface area contributed by atoms with E-state index in [1.54, 1.807) is 12.1 Å². The fourth-order valence-electron chi connectivity index (χ4n) is 1.68. The summed E-state index contributed by atoms with van der Waals surface area (Å²) >= 11 is 1.29. The first-order valence-electron chi connectivity index (χ1n) is 5.48. The average molecular weight is 275 g/mol. The number of hydrogen-bond donors (Lipinski definition) is 3. The summed E-state index contributed by atoms with van der Waals surface area (Å²) in [5.74, 6) is 0. The Hall–Kier alpha value is -2.48. The maximum absolute atomic E-state index is 11.3. The van der Waals surface area contributed by atoms with Crippen LogP contribution in [0.4, 0.5) is 5.69 Å². The number of aromatic amines is 2. The van der Waals surface area contributed by atoms with Gasteiger partial charge in [0.2, 0.25) is 0 Å². The van der Waals surface area contributed by atoms with Crippen molar-refractivity contribution in [1.82, 2.24) is 19.6 Å². The summed E-state index contributed by atoms with van der Waals surface area (Å²) in [5.41, 5.74) is 1.52. The van der Waals surface area contributed by atoms with Gasteiger partial charge in [0, 0.05) is 11.1 Å². The Bertz CT molecular complexity index is 821. The van der Waals surface area contributed by atoms with E-state index in [1.165, 1.54) is 11.5 Å². The summed E-state index contributed by atoms with van der Waals surface area (Å²) in [7, 11) is 0. The molecule has 2 aromatic heterocycles.